The van der Waals surface area contributed by atoms with Crippen LogP contribution in [0.5, 0.6) is 0 Å². The number of carbonyl (C=O) groups is 4. The number of rotatable bonds is 18. The number of hydrogen-bond acceptors (Lipinski definition) is 17. The average molecular weight is 1700 g/mol. The Labute approximate surface area is 740 Å². The molecule has 14 heterocycles. The molecule has 2 fully saturated rings. The van der Waals surface area contributed by atoms with E-state index in [4.69, 9.17) is 18.9 Å². The van der Waals surface area contributed by atoms with Crippen LogP contribution in [0, 0.1) is 27.7 Å². The Morgan fingerprint density at radius 3 is 1.10 bits per heavy atom. The van der Waals surface area contributed by atoms with Crippen LogP contribution in [0.15, 0.2) is 201 Å². The highest BCUT2D eigenvalue weighted by Crippen LogP contribution is 2.42. The highest BCUT2D eigenvalue weighted by atomic mass is 16.6. The zero-order valence-corrected chi connectivity index (χ0v) is 75.4. The summed E-state index contributed by atoms with van der Waals surface area (Å²) >= 11 is 0. The van der Waals surface area contributed by atoms with Crippen molar-refractivity contribution in [3.05, 3.63) is 296 Å². The minimum absolute atomic E-state index is 0.197. The third-order valence-corrected chi connectivity index (χ3v) is 26.3. The number of hydrogen-bond donors (Lipinski definition) is 0. The summed E-state index contributed by atoms with van der Waals surface area (Å²) in [6.07, 6.45) is 19.4. The van der Waals surface area contributed by atoms with Gasteiger partial charge < -0.3 is 71.5 Å². The maximum atomic E-state index is 13.1. The van der Waals surface area contributed by atoms with Crippen molar-refractivity contribution < 1.29 is 38.1 Å². The van der Waals surface area contributed by atoms with Crippen molar-refractivity contribution in [1.29, 1.82) is 0 Å². The van der Waals surface area contributed by atoms with E-state index in [2.05, 4.69) is 198 Å². The van der Waals surface area contributed by atoms with Crippen molar-refractivity contribution in [2.24, 2.45) is 0 Å². The van der Waals surface area contributed by atoms with Crippen LogP contribution in [-0.2, 0) is 113 Å². The summed E-state index contributed by atoms with van der Waals surface area (Å²) in [7, 11) is 10.8. The fourth-order valence-corrected chi connectivity index (χ4v) is 19.2. The van der Waals surface area contributed by atoms with Crippen molar-refractivity contribution >= 4 is 67.7 Å². The molecular formula is C103H121N15O8. The van der Waals surface area contributed by atoms with Crippen LogP contribution >= 0.6 is 0 Å². The van der Waals surface area contributed by atoms with Crippen LogP contribution in [0.3, 0.4) is 0 Å². The second kappa shape index (κ2) is 38.5. The average Bonchev–Trinajstić information content (AvgIpc) is 1.63. The van der Waals surface area contributed by atoms with Crippen LogP contribution in [0.2, 0.25) is 0 Å². The Morgan fingerprint density at radius 1 is 0.381 bits per heavy atom. The van der Waals surface area contributed by atoms with E-state index in [1.807, 2.05) is 97.3 Å². The van der Waals surface area contributed by atoms with Crippen LogP contribution in [0.4, 0.5) is 9.59 Å². The second-order valence-corrected chi connectivity index (χ2v) is 35.9. The number of likely N-dealkylation sites (tertiary alicyclic amines) is 1. The fraction of sp³-hybridized carbons (Fsp3) is 0.398. The van der Waals surface area contributed by atoms with Gasteiger partial charge >= 0.3 is 24.1 Å². The maximum absolute atomic E-state index is 13.1. The lowest BCUT2D eigenvalue weighted by Crippen LogP contribution is -2.47. The molecule has 2 saturated heterocycles. The third kappa shape index (κ3) is 19.4. The molecule has 0 bridgehead atoms. The molecule has 0 aliphatic carbocycles. The van der Waals surface area contributed by atoms with Gasteiger partial charge in [0, 0.05) is 251 Å². The molecule has 126 heavy (non-hydrogen) atoms. The second-order valence-electron chi connectivity index (χ2n) is 35.9. The van der Waals surface area contributed by atoms with E-state index in [0.717, 1.165) is 139 Å². The van der Waals surface area contributed by atoms with Crippen molar-refractivity contribution in [3.8, 4) is 0 Å². The molecule has 0 radical (unpaired) electrons. The zero-order valence-electron chi connectivity index (χ0n) is 75.4. The summed E-state index contributed by atoms with van der Waals surface area (Å²) in [4.78, 5) is 83.7. The van der Waals surface area contributed by atoms with E-state index in [-0.39, 0.29) is 36.3 Å². The quantitative estimate of drug-likeness (QED) is 0.0580. The first-order valence-electron chi connectivity index (χ1n) is 44.8. The van der Waals surface area contributed by atoms with Gasteiger partial charge in [0.2, 0.25) is 0 Å². The van der Waals surface area contributed by atoms with E-state index in [0.29, 0.717) is 51.3 Å². The minimum Gasteiger partial charge on any atom is -0.452 e. The molecule has 2 amide bonds. The summed E-state index contributed by atoms with van der Waals surface area (Å²) in [5.74, 6) is -0.528. The van der Waals surface area contributed by atoms with Crippen molar-refractivity contribution in [2.45, 2.75) is 169 Å². The van der Waals surface area contributed by atoms with E-state index < -0.39 is 11.2 Å². The van der Waals surface area contributed by atoms with Gasteiger partial charge in [0.25, 0.3) is 0 Å². The van der Waals surface area contributed by atoms with Crippen molar-refractivity contribution in [1.82, 2.24) is 72.5 Å². The summed E-state index contributed by atoms with van der Waals surface area (Å²) < 4.78 is 34.1. The highest BCUT2D eigenvalue weighted by Gasteiger charge is 2.39. The molecule has 23 heteroatoms. The van der Waals surface area contributed by atoms with Crippen molar-refractivity contribution in [2.75, 3.05) is 101 Å². The lowest BCUT2D eigenvalue weighted by atomic mass is 9.96. The van der Waals surface area contributed by atoms with Gasteiger partial charge in [-0.2, -0.15) is 0 Å². The number of nitrogens with zero attached hydrogens (tertiary/aromatic N) is 15. The van der Waals surface area contributed by atoms with Gasteiger partial charge in [-0.05, 0) is 220 Å². The Hall–Kier alpha value is -11.9. The molecular weight excluding hydrogens is 1580 g/mol. The van der Waals surface area contributed by atoms with Gasteiger partial charge in [-0.3, -0.25) is 24.7 Å². The Bertz CT molecular complexity index is 6020. The first-order chi connectivity index (χ1) is 60.9. The predicted molar refractivity (Wildman–Crippen MR) is 495 cm³/mol. The topological polar surface area (TPSA) is 199 Å². The molecule has 656 valence electrons. The maximum Gasteiger partial charge on any atom is 0.410 e. The molecule has 13 aromatic rings. The van der Waals surface area contributed by atoms with E-state index in [9.17, 15) is 19.2 Å². The number of likely N-dealkylation sites (N-methyl/N-ethyl adjacent to an activating group) is 5. The molecule has 0 saturated carbocycles. The molecule has 5 aromatic carbocycles. The lowest BCUT2D eigenvalue weighted by Gasteiger charge is -2.33. The molecule has 0 N–H and O–H groups in total. The molecule has 6 aliphatic rings. The third-order valence-electron chi connectivity index (χ3n) is 26.3. The molecule has 0 spiro atoms. The number of benzene rings is 5. The molecule has 8 aromatic heterocycles. The number of ether oxygens (including phenoxy) is 4. The number of fused-ring (bicyclic) bond motifs is 12. The highest BCUT2D eigenvalue weighted by molar-refractivity contribution is 5.91. The Balaban J connectivity index is 0.000000124. The van der Waals surface area contributed by atoms with Gasteiger partial charge in [-0.25, -0.2) is 14.4 Å². The van der Waals surface area contributed by atoms with E-state index >= 15 is 0 Å². The number of amides is 2. The van der Waals surface area contributed by atoms with Gasteiger partial charge in [0.15, 0.2) is 11.2 Å². The standard InChI is InChI=1S/C28H29N3O2.C26H33N5O2.C25H30N4O2.C24H29N3O2/c1-20-11-12-25-23(16-20)24-18-30(3)15-13-26(24)31(25)19-28(2,22-10-7-14-29-17-22)33-27(32)21-8-5-4-6-9-21;1-19-4-5-23-21(16-19)22-17-29(3)11-8-24(22)31(23)18-25(20-6-9-27-10-7-20)33-26(32)30-14-12-28(2)13-15-30;1-18-5-6-22-20(15-18)21-16-27(2)14-9-23(21)29(22)17-24(19-7-10-26-11-8-19)31-25(30)28-12-3-4-13-28;1-5-23(28)29-24(3,18-7-6-11-25-14-18)16-27-21-9-8-17(2)13-19(21)20-15-26(4)12-10-22(20)27/h4-12,14,16-17H,13,15,18-19H2,1-3H3;4-7,9-10,16,25H,8,11-15,17-18H2,1-3H3;5-8,10-11,15,24H,3-4,9,12-14,16-17H2,1-2H3;6-9,11,13-14H,5,10,12,15-16H2,1-4H3. The van der Waals surface area contributed by atoms with Crippen LogP contribution in [-0.4, -0.2) is 197 Å². The first-order valence-corrected chi connectivity index (χ1v) is 44.8. The molecule has 23 nitrogen and oxygen atoms in total. The summed E-state index contributed by atoms with van der Waals surface area (Å²) in [6, 6.07) is 51.4. The first kappa shape index (κ1) is 87.6. The Kier molecular flexibility index (Phi) is 26.8. The smallest absolute Gasteiger partial charge is 0.410 e. The number of carbonyl (C=O) groups excluding carboxylic acids is 4. The minimum atomic E-state index is -0.880. The van der Waals surface area contributed by atoms with Crippen LogP contribution in [0.1, 0.15) is 152 Å². The number of esters is 2. The predicted octanol–water partition coefficient (Wildman–Crippen LogP) is 17.1. The summed E-state index contributed by atoms with van der Waals surface area (Å²) in [6.45, 7) is 29.3. The van der Waals surface area contributed by atoms with Crippen LogP contribution in [0.25, 0.3) is 43.6 Å². The zero-order chi connectivity index (χ0) is 87.9. The monoisotopic (exact) mass is 1700 g/mol. The number of aromatic nitrogens is 8. The molecule has 4 unspecified atom stereocenters. The normalized spacial score (nSPS) is 17.0. The van der Waals surface area contributed by atoms with Gasteiger partial charge in [-0.15, -0.1) is 0 Å². The lowest BCUT2D eigenvalue weighted by molar-refractivity contribution is -0.160. The largest absolute Gasteiger partial charge is 0.452 e. The van der Waals surface area contributed by atoms with Gasteiger partial charge in [0.05, 0.1) is 31.7 Å². The number of piperazine rings is 1. The van der Waals surface area contributed by atoms with Crippen molar-refractivity contribution in [3.63, 3.8) is 0 Å². The summed E-state index contributed by atoms with van der Waals surface area (Å²) in [5.41, 5.74) is 23.5. The molecule has 19 rings (SSSR count). The van der Waals surface area contributed by atoms with Gasteiger partial charge in [0.1, 0.15) is 12.2 Å². The number of aryl methyl sites for hydroxylation is 4. The van der Waals surface area contributed by atoms with E-state index in [1.54, 1.807) is 61.7 Å². The van der Waals surface area contributed by atoms with E-state index in [1.165, 1.54) is 111 Å². The molecule has 4 atom stereocenters. The Morgan fingerprint density at radius 2 is 0.738 bits per heavy atom. The molecule has 6 aliphatic heterocycles. The SMILES string of the molecule is CCC(=O)OC(C)(Cn1c2c(c3cc(C)ccc31)CN(C)CC2)c1cccnc1.Cc1ccc2c(c1)c1c(n2CC(C)(OC(=O)c2ccccc2)c2cccnc2)CCN(C)C1.Cc1ccc2c(c1)c1c(n2CC(OC(=O)N2CCCC2)c2ccncc2)CCN(C)C1.Cc1ccc2c(c1)c1c(n2CC(OC(=O)N2CCN(C)CC2)c2ccncc2)CCN(C)C1. The summed E-state index contributed by atoms with van der Waals surface area (Å²) in [5, 5.41) is 5.23. The van der Waals surface area contributed by atoms with Gasteiger partial charge in [-0.1, -0.05) is 83.8 Å². The fourth-order valence-electron chi connectivity index (χ4n) is 19.2. The van der Waals surface area contributed by atoms with Crippen LogP contribution < -0.4 is 0 Å². The number of pyridine rings is 4.